The Morgan fingerprint density at radius 1 is 1.19 bits per heavy atom. The number of rotatable bonds is 4. The second-order valence-electron chi connectivity index (χ2n) is 8.10. The van der Waals surface area contributed by atoms with Crippen molar-refractivity contribution in [3.8, 4) is 0 Å². The lowest BCUT2D eigenvalue weighted by molar-refractivity contribution is -0.141. The van der Waals surface area contributed by atoms with Crippen LogP contribution in [0.2, 0.25) is 0 Å². The van der Waals surface area contributed by atoms with Gasteiger partial charge >= 0.3 is 0 Å². The Balaban J connectivity index is 1.57. The van der Waals surface area contributed by atoms with E-state index < -0.39 is 6.04 Å². The first-order valence-corrected chi connectivity index (χ1v) is 10.3. The number of fused-ring (bicyclic) bond motifs is 2. The van der Waals surface area contributed by atoms with Crippen LogP contribution < -0.4 is 5.32 Å². The summed E-state index contributed by atoms with van der Waals surface area (Å²) < 4.78 is 0. The maximum Gasteiger partial charge on any atom is 0.245 e. The van der Waals surface area contributed by atoms with Crippen LogP contribution in [0, 0.1) is 5.92 Å². The monoisotopic (exact) mass is 367 g/mol. The Labute approximate surface area is 160 Å². The molecule has 2 aliphatic rings. The van der Waals surface area contributed by atoms with Gasteiger partial charge in [0.1, 0.15) is 6.04 Å². The predicted molar refractivity (Wildman–Crippen MR) is 106 cm³/mol. The van der Waals surface area contributed by atoms with Crippen molar-refractivity contribution in [1.29, 1.82) is 0 Å². The van der Waals surface area contributed by atoms with Gasteiger partial charge in [0, 0.05) is 43.0 Å². The van der Waals surface area contributed by atoms with Crippen LogP contribution in [0.4, 0.5) is 0 Å². The van der Waals surface area contributed by atoms with Gasteiger partial charge in [0.2, 0.25) is 11.8 Å². The number of nitrogens with zero attached hydrogens (tertiary/aromatic N) is 1. The highest BCUT2D eigenvalue weighted by Gasteiger charge is 2.38. The first-order valence-electron chi connectivity index (χ1n) is 10.3. The molecule has 0 spiro atoms. The molecule has 1 aliphatic carbocycles. The molecule has 2 N–H and O–H groups in total. The molecule has 2 fully saturated rings. The number of aromatic amines is 1. The summed E-state index contributed by atoms with van der Waals surface area (Å²) in [4.78, 5) is 30.6. The number of amides is 2. The van der Waals surface area contributed by atoms with Crippen molar-refractivity contribution in [3.63, 3.8) is 0 Å². The molecule has 2 aromatic rings. The highest BCUT2D eigenvalue weighted by molar-refractivity contribution is 5.89. The molecule has 3 atom stereocenters. The summed E-state index contributed by atoms with van der Waals surface area (Å²) in [5, 5.41) is 4.05. The van der Waals surface area contributed by atoms with E-state index in [1.807, 2.05) is 24.4 Å². The second kappa shape index (κ2) is 7.75. The molecule has 0 radical (unpaired) electrons. The number of H-pyrrole nitrogens is 1. The number of para-hydroxylation sites is 1. The number of carbonyl (C=O) groups is 2. The van der Waals surface area contributed by atoms with Crippen LogP contribution in [-0.2, 0) is 16.0 Å². The minimum absolute atomic E-state index is 0.0899. The van der Waals surface area contributed by atoms with Gasteiger partial charge in [-0.05, 0) is 43.2 Å². The molecule has 1 saturated carbocycles. The van der Waals surface area contributed by atoms with E-state index in [1.54, 1.807) is 0 Å². The largest absolute Gasteiger partial charge is 0.361 e. The number of hydrogen-bond donors (Lipinski definition) is 2. The summed E-state index contributed by atoms with van der Waals surface area (Å²) >= 11 is 0. The van der Waals surface area contributed by atoms with Gasteiger partial charge in [-0.1, -0.05) is 31.0 Å². The van der Waals surface area contributed by atoms with E-state index in [4.69, 9.17) is 0 Å². The lowest BCUT2D eigenvalue weighted by Gasteiger charge is -2.45. The van der Waals surface area contributed by atoms with Crippen LogP contribution in [-0.4, -0.2) is 40.3 Å². The van der Waals surface area contributed by atoms with Gasteiger partial charge in [-0.15, -0.1) is 0 Å². The van der Waals surface area contributed by atoms with Gasteiger partial charge in [-0.25, -0.2) is 0 Å². The van der Waals surface area contributed by atoms with E-state index in [0.717, 1.165) is 35.9 Å². The second-order valence-corrected chi connectivity index (χ2v) is 8.10. The third kappa shape index (κ3) is 3.73. The van der Waals surface area contributed by atoms with Gasteiger partial charge < -0.3 is 15.2 Å². The van der Waals surface area contributed by atoms with E-state index in [1.165, 1.54) is 32.6 Å². The Kier molecular flexibility index (Phi) is 5.19. The molecule has 3 unspecified atom stereocenters. The number of benzene rings is 1. The molecule has 1 saturated heterocycles. The quantitative estimate of drug-likeness (QED) is 0.870. The third-order valence-corrected chi connectivity index (χ3v) is 6.30. The molecule has 144 valence electrons. The number of aromatic nitrogens is 1. The number of hydrogen-bond acceptors (Lipinski definition) is 2. The van der Waals surface area contributed by atoms with Gasteiger partial charge in [0.15, 0.2) is 0 Å². The predicted octanol–water partition coefficient (Wildman–Crippen LogP) is 3.40. The summed E-state index contributed by atoms with van der Waals surface area (Å²) in [5.41, 5.74) is 2.14. The molecule has 4 rings (SSSR count). The molecule has 27 heavy (non-hydrogen) atoms. The molecular weight excluding hydrogens is 338 g/mol. The Morgan fingerprint density at radius 2 is 1.96 bits per heavy atom. The normalized spacial score (nSPS) is 23.7. The topological polar surface area (TPSA) is 65.2 Å². The standard InChI is InChI=1S/C22H29N3O2/c1-15(26)24-20(13-17-14-23-19-10-4-3-9-18(17)19)22(27)25-12-6-8-16-7-2-5-11-21(16)25/h3-4,9-10,14,16,20-21,23H,2,5-8,11-13H2,1H3,(H,24,26). The summed E-state index contributed by atoms with van der Waals surface area (Å²) in [6.07, 6.45) is 9.64. The highest BCUT2D eigenvalue weighted by Crippen LogP contribution is 2.35. The fourth-order valence-corrected chi connectivity index (χ4v) is 5.06. The number of carbonyl (C=O) groups excluding carboxylic acids is 2. The average molecular weight is 367 g/mol. The highest BCUT2D eigenvalue weighted by atomic mass is 16.2. The van der Waals surface area contributed by atoms with Gasteiger partial charge in [0.25, 0.3) is 0 Å². The van der Waals surface area contributed by atoms with Crippen LogP contribution in [0.15, 0.2) is 30.5 Å². The van der Waals surface area contributed by atoms with Crippen LogP contribution in [0.3, 0.4) is 0 Å². The maximum absolute atomic E-state index is 13.5. The Hall–Kier alpha value is -2.30. The molecular formula is C22H29N3O2. The molecule has 0 bridgehead atoms. The van der Waals surface area contributed by atoms with E-state index in [2.05, 4.69) is 21.3 Å². The van der Waals surface area contributed by atoms with Gasteiger partial charge in [0.05, 0.1) is 0 Å². The van der Waals surface area contributed by atoms with Gasteiger partial charge in [-0.3, -0.25) is 9.59 Å². The molecule has 1 aromatic carbocycles. The molecule has 2 amide bonds. The number of likely N-dealkylation sites (tertiary alicyclic amines) is 1. The molecule has 1 aliphatic heterocycles. The lowest BCUT2D eigenvalue weighted by atomic mass is 9.78. The van der Waals surface area contributed by atoms with E-state index >= 15 is 0 Å². The van der Waals surface area contributed by atoms with Crippen molar-refractivity contribution in [2.45, 2.75) is 64.0 Å². The summed E-state index contributed by atoms with van der Waals surface area (Å²) in [6, 6.07) is 7.96. The Morgan fingerprint density at radius 3 is 2.81 bits per heavy atom. The molecule has 5 heteroatoms. The van der Waals surface area contributed by atoms with Crippen molar-refractivity contribution >= 4 is 22.7 Å². The first kappa shape index (κ1) is 18.1. The smallest absolute Gasteiger partial charge is 0.245 e. The van der Waals surface area contributed by atoms with Crippen molar-refractivity contribution in [1.82, 2.24) is 15.2 Å². The molecule has 5 nitrogen and oxygen atoms in total. The van der Waals surface area contributed by atoms with Crippen molar-refractivity contribution in [2.75, 3.05) is 6.54 Å². The van der Waals surface area contributed by atoms with Crippen molar-refractivity contribution < 1.29 is 9.59 Å². The lowest BCUT2D eigenvalue weighted by Crippen LogP contribution is -2.56. The summed E-state index contributed by atoms with van der Waals surface area (Å²) in [5.74, 6) is 0.583. The van der Waals surface area contributed by atoms with E-state index in [-0.39, 0.29) is 11.8 Å². The van der Waals surface area contributed by atoms with Crippen LogP contribution >= 0.6 is 0 Å². The van der Waals surface area contributed by atoms with Crippen LogP contribution in [0.5, 0.6) is 0 Å². The number of piperidine rings is 1. The summed E-state index contributed by atoms with van der Waals surface area (Å²) in [6.45, 7) is 2.32. The molecule has 1 aromatic heterocycles. The summed E-state index contributed by atoms with van der Waals surface area (Å²) in [7, 11) is 0. The zero-order valence-corrected chi connectivity index (χ0v) is 16.0. The SMILES string of the molecule is CC(=O)NC(Cc1c[nH]c2ccccc12)C(=O)N1CCCC2CCCCC21. The zero-order valence-electron chi connectivity index (χ0n) is 16.0. The van der Waals surface area contributed by atoms with Crippen LogP contribution in [0.25, 0.3) is 10.9 Å². The van der Waals surface area contributed by atoms with Crippen molar-refractivity contribution in [2.24, 2.45) is 5.92 Å². The van der Waals surface area contributed by atoms with E-state index in [0.29, 0.717) is 18.4 Å². The molecule has 2 heterocycles. The minimum atomic E-state index is -0.498. The maximum atomic E-state index is 13.5. The average Bonchev–Trinajstić information content (AvgIpc) is 3.09. The van der Waals surface area contributed by atoms with E-state index in [9.17, 15) is 9.59 Å². The number of nitrogens with one attached hydrogen (secondary N) is 2. The first-order chi connectivity index (χ1) is 13.1. The fraction of sp³-hybridized carbons (Fsp3) is 0.545. The Bertz CT molecular complexity index is 826. The fourth-order valence-electron chi connectivity index (χ4n) is 5.06. The van der Waals surface area contributed by atoms with Crippen LogP contribution in [0.1, 0.15) is 51.0 Å². The van der Waals surface area contributed by atoms with Crippen molar-refractivity contribution in [3.05, 3.63) is 36.0 Å². The third-order valence-electron chi connectivity index (χ3n) is 6.30. The zero-order chi connectivity index (χ0) is 18.8. The van der Waals surface area contributed by atoms with Gasteiger partial charge in [-0.2, -0.15) is 0 Å². The minimum Gasteiger partial charge on any atom is -0.361 e.